The minimum atomic E-state index is -1.14. The molecule has 156 valence electrons. The van der Waals surface area contributed by atoms with Gasteiger partial charge in [-0.15, -0.1) is 0 Å². The molecule has 9 nitrogen and oxygen atoms in total. The molecule has 0 saturated heterocycles. The number of nitrogens with one attached hydrogen (secondary N) is 2. The van der Waals surface area contributed by atoms with Gasteiger partial charge in [0.1, 0.15) is 17.8 Å². The normalized spacial score (nSPS) is 10.7. The average molecular weight is 417 g/mol. The molecule has 3 N–H and O–H groups in total. The molecule has 4 aromatic rings. The SMILES string of the molecule is CNC(=O)c1ccnc2c(CCNc3cc(-c4ccc(C(=O)O)o4)ncn3)cccc12. The predicted molar refractivity (Wildman–Crippen MR) is 114 cm³/mol. The van der Waals surface area contributed by atoms with Gasteiger partial charge in [0.05, 0.1) is 11.1 Å². The van der Waals surface area contributed by atoms with Crippen molar-refractivity contribution in [2.24, 2.45) is 0 Å². The predicted octanol–water partition coefficient (Wildman–Crippen LogP) is 3.00. The smallest absolute Gasteiger partial charge is 0.371 e. The number of hydrogen-bond acceptors (Lipinski definition) is 7. The van der Waals surface area contributed by atoms with Gasteiger partial charge < -0.3 is 20.2 Å². The Morgan fingerprint density at radius 1 is 1.10 bits per heavy atom. The largest absolute Gasteiger partial charge is 0.475 e. The van der Waals surface area contributed by atoms with Gasteiger partial charge in [-0.3, -0.25) is 9.78 Å². The number of nitrogens with zero attached hydrogens (tertiary/aromatic N) is 3. The third-order valence-electron chi connectivity index (χ3n) is 4.76. The van der Waals surface area contributed by atoms with Crippen LogP contribution in [0.1, 0.15) is 26.5 Å². The quantitative estimate of drug-likeness (QED) is 0.418. The third-order valence-corrected chi connectivity index (χ3v) is 4.76. The van der Waals surface area contributed by atoms with Crippen LogP contribution < -0.4 is 10.6 Å². The number of carbonyl (C=O) groups is 2. The number of hydrogen-bond donors (Lipinski definition) is 3. The molecule has 0 spiro atoms. The van der Waals surface area contributed by atoms with Crippen LogP contribution in [-0.4, -0.2) is 45.5 Å². The number of carboxylic acids is 1. The Hall–Kier alpha value is -4.27. The minimum Gasteiger partial charge on any atom is -0.475 e. The summed E-state index contributed by atoms with van der Waals surface area (Å²) in [5, 5.41) is 15.7. The summed E-state index contributed by atoms with van der Waals surface area (Å²) >= 11 is 0. The lowest BCUT2D eigenvalue weighted by atomic mass is 10.0. The molecule has 1 amide bonds. The van der Waals surface area contributed by atoms with Gasteiger partial charge in [0, 0.05) is 31.2 Å². The lowest BCUT2D eigenvalue weighted by Crippen LogP contribution is -2.18. The minimum absolute atomic E-state index is 0.150. The van der Waals surface area contributed by atoms with E-state index in [0.29, 0.717) is 35.8 Å². The second-order valence-electron chi connectivity index (χ2n) is 6.69. The summed E-state index contributed by atoms with van der Waals surface area (Å²) < 4.78 is 5.29. The molecule has 0 radical (unpaired) electrons. The van der Waals surface area contributed by atoms with Crippen LogP contribution in [0.5, 0.6) is 0 Å². The number of carbonyl (C=O) groups excluding carboxylic acids is 1. The number of amides is 1. The van der Waals surface area contributed by atoms with Gasteiger partial charge in [-0.05, 0) is 30.2 Å². The molecule has 0 bridgehead atoms. The van der Waals surface area contributed by atoms with Crippen molar-refractivity contribution in [3.8, 4) is 11.5 Å². The highest BCUT2D eigenvalue weighted by Crippen LogP contribution is 2.23. The molecule has 0 atom stereocenters. The van der Waals surface area contributed by atoms with Crippen molar-refractivity contribution in [2.75, 3.05) is 18.9 Å². The van der Waals surface area contributed by atoms with E-state index < -0.39 is 5.97 Å². The topological polar surface area (TPSA) is 130 Å². The Balaban J connectivity index is 1.49. The molecule has 0 unspecified atom stereocenters. The number of rotatable bonds is 7. The van der Waals surface area contributed by atoms with Crippen molar-refractivity contribution >= 4 is 28.6 Å². The highest BCUT2D eigenvalue weighted by molar-refractivity contribution is 6.06. The number of fused-ring (bicyclic) bond motifs is 1. The molecule has 0 fully saturated rings. The van der Waals surface area contributed by atoms with E-state index in [9.17, 15) is 9.59 Å². The number of para-hydroxylation sites is 1. The molecule has 3 heterocycles. The van der Waals surface area contributed by atoms with Gasteiger partial charge in [-0.1, -0.05) is 18.2 Å². The molecule has 0 saturated carbocycles. The number of aromatic carboxylic acids is 1. The Bertz CT molecular complexity index is 1270. The van der Waals surface area contributed by atoms with E-state index in [1.165, 1.54) is 12.4 Å². The van der Waals surface area contributed by atoms with E-state index in [1.807, 2.05) is 18.2 Å². The molecular weight excluding hydrogens is 398 g/mol. The van der Waals surface area contributed by atoms with Crippen molar-refractivity contribution in [3.63, 3.8) is 0 Å². The zero-order valence-electron chi connectivity index (χ0n) is 16.6. The standard InChI is InChI=1S/C22H19N5O4/c1-23-21(28)15-8-10-25-20-13(3-2-4-14(15)20)7-9-24-19-11-16(26-12-27-19)17-5-6-18(31-17)22(29)30/h2-6,8,10-12H,7,9H2,1H3,(H,23,28)(H,29,30)(H,24,26,27). The summed E-state index contributed by atoms with van der Waals surface area (Å²) in [7, 11) is 1.60. The molecular formula is C22H19N5O4. The molecule has 0 aliphatic carbocycles. The Morgan fingerprint density at radius 2 is 1.97 bits per heavy atom. The van der Waals surface area contributed by atoms with E-state index >= 15 is 0 Å². The van der Waals surface area contributed by atoms with Crippen molar-refractivity contribution in [2.45, 2.75) is 6.42 Å². The summed E-state index contributed by atoms with van der Waals surface area (Å²) in [6.07, 6.45) is 3.68. The van der Waals surface area contributed by atoms with Crippen LogP contribution in [0.25, 0.3) is 22.4 Å². The van der Waals surface area contributed by atoms with Crippen LogP contribution in [0.15, 0.2) is 59.4 Å². The number of aromatic nitrogens is 3. The fourth-order valence-electron chi connectivity index (χ4n) is 3.28. The van der Waals surface area contributed by atoms with Crippen LogP contribution in [0.4, 0.5) is 5.82 Å². The number of anilines is 1. The van der Waals surface area contributed by atoms with Gasteiger partial charge in [0.25, 0.3) is 5.91 Å². The Labute approximate surface area is 177 Å². The van der Waals surface area contributed by atoms with Crippen molar-refractivity contribution in [1.29, 1.82) is 0 Å². The van der Waals surface area contributed by atoms with Crippen molar-refractivity contribution < 1.29 is 19.1 Å². The molecule has 3 aromatic heterocycles. The zero-order valence-corrected chi connectivity index (χ0v) is 16.6. The number of furan rings is 1. The summed E-state index contributed by atoms with van der Waals surface area (Å²) in [5.74, 6) is -0.509. The lowest BCUT2D eigenvalue weighted by molar-refractivity contribution is 0.0663. The molecule has 1 aromatic carbocycles. The number of carboxylic acid groups (broad SMARTS) is 1. The first-order valence-electron chi connectivity index (χ1n) is 9.55. The summed E-state index contributed by atoms with van der Waals surface area (Å²) in [5.41, 5.74) is 2.85. The number of benzene rings is 1. The second-order valence-corrected chi connectivity index (χ2v) is 6.69. The van der Waals surface area contributed by atoms with Crippen LogP contribution in [0.2, 0.25) is 0 Å². The zero-order chi connectivity index (χ0) is 21.8. The fourth-order valence-corrected chi connectivity index (χ4v) is 3.28. The second kappa shape index (κ2) is 8.62. The number of pyridine rings is 1. The van der Waals surface area contributed by atoms with E-state index in [0.717, 1.165) is 16.5 Å². The Morgan fingerprint density at radius 3 is 2.74 bits per heavy atom. The first-order chi connectivity index (χ1) is 15.1. The van der Waals surface area contributed by atoms with E-state index in [4.69, 9.17) is 9.52 Å². The van der Waals surface area contributed by atoms with Gasteiger partial charge in [-0.25, -0.2) is 14.8 Å². The first-order valence-corrected chi connectivity index (χ1v) is 9.55. The van der Waals surface area contributed by atoms with Crippen molar-refractivity contribution in [3.05, 3.63) is 71.9 Å². The van der Waals surface area contributed by atoms with E-state index in [-0.39, 0.29) is 11.7 Å². The molecule has 31 heavy (non-hydrogen) atoms. The third kappa shape index (κ3) is 4.20. The maximum absolute atomic E-state index is 12.1. The monoisotopic (exact) mass is 417 g/mol. The van der Waals surface area contributed by atoms with Crippen LogP contribution >= 0.6 is 0 Å². The van der Waals surface area contributed by atoms with Crippen molar-refractivity contribution in [1.82, 2.24) is 20.3 Å². The Kier molecular flexibility index (Phi) is 5.57. The summed E-state index contributed by atoms with van der Waals surface area (Å²) in [6, 6.07) is 12.1. The molecule has 9 heteroatoms. The summed E-state index contributed by atoms with van der Waals surface area (Å²) in [4.78, 5) is 35.9. The highest BCUT2D eigenvalue weighted by Gasteiger charge is 2.13. The van der Waals surface area contributed by atoms with Crippen LogP contribution in [0, 0.1) is 0 Å². The van der Waals surface area contributed by atoms with E-state index in [2.05, 4.69) is 25.6 Å². The van der Waals surface area contributed by atoms with Gasteiger partial charge in [0.2, 0.25) is 5.76 Å². The first kappa shape index (κ1) is 20.0. The molecule has 4 rings (SSSR count). The molecule has 0 aliphatic heterocycles. The molecule has 0 aliphatic rings. The van der Waals surface area contributed by atoms with E-state index in [1.54, 1.807) is 31.4 Å². The average Bonchev–Trinajstić information content (AvgIpc) is 3.29. The van der Waals surface area contributed by atoms with Crippen LogP contribution in [0.3, 0.4) is 0 Å². The summed E-state index contributed by atoms with van der Waals surface area (Å²) in [6.45, 7) is 0.569. The highest BCUT2D eigenvalue weighted by atomic mass is 16.4. The van der Waals surface area contributed by atoms with Gasteiger partial charge in [-0.2, -0.15) is 0 Å². The van der Waals surface area contributed by atoms with Crippen LogP contribution in [-0.2, 0) is 6.42 Å². The fraction of sp³-hybridized carbons (Fsp3) is 0.136. The lowest BCUT2D eigenvalue weighted by Gasteiger charge is -2.10. The maximum atomic E-state index is 12.1. The maximum Gasteiger partial charge on any atom is 0.371 e. The van der Waals surface area contributed by atoms with Gasteiger partial charge >= 0.3 is 5.97 Å². The van der Waals surface area contributed by atoms with Gasteiger partial charge in [0.15, 0.2) is 5.76 Å².